The first-order valence-corrected chi connectivity index (χ1v) is 10.7. The lowest BCUT2D eigenvalue weighted by molar-refractivity contribution is -0.113. The second-order valence-corrected chi connectivity index (χ2v) is 8.24. The van der Waals surface area contributed by atoms with E-state index in [9.17, 15) is 4.79 Å². The summed E-state index contributed by atoms with van der Waals surface area (Å²) in [6.07, 6.45) is 2.79. The molecule has 0 spiro atoms. The van der Waals surface area contributed by atoms with Gasteiger partial charge in [-0.15, -0.1) is 0 Å². The molecule has 0 atom stereocenters. The zero-order valence-electron chi connectivity index (χ0n) is 16.7. The maximum Gasteiger partial charge on any atom is 0.234 e. The molecule has 3 aromatic rings. The lowest BCUT2D eigenvalue weighted by Crippen LogP contribution is -2.31. The van der Waals surface area contributed by atoms with Gasteiger partial charge < -0.3 is 10.2 Å². The highest BCUT2D eigenvalue weighted by Crippen LogP contribution is 2.24. The van der Waals surface area contributed by atoms with Gasteiger partial charge in [0, 0.05) is 25.0 Å². The number of thioether (sulfide) groups is 1. The van der Waals surface area contributed by atoms with Gasteiger partial charge in [-0.2, -0.15) is 0 Å². The molecule has 0 radical (unpaired) electrons. The van der Waals surface area contributed by atoms with Gasteiger partial charge >= 0.3 is 0 Å². The van der Waals surface area contributed by atoms with Gasteiger partial charge in [-0.05, 0) is 54.7 Å². The van der Waals surface area contributed by atoms with Crippen molar-refractivity contribution in [2.75, 3.05) is 22.5 Å². The van der Waals surface area contributed by atoms with E-state index in [0.29, 0.717) is 5.16 Å². The smallest absolute Gasteiger partial charge is 0.234 e. The van der Waals surface area contributed by atoms with Gasteiger partial charge in [0.05, 0.1) is 5.75 Å². The van der Waals surface area contributed by atoms with Crippen molar-refractivity contribution in [3.05, 3.63) is 77.0 Å². The van der Waals surface area contributed by atoms with E-state index in [2.05, 4.69) is 44.5 Å². The third-order valence-corrected chi connectivity index (χ3v) is 5.93. The standard InChI is InChI=1S/C23H24N4OS/c1-16-7-8-17(2)20(13-16)25-22(28)15-29-23-24-11-9-21(26-23)27-12-10-18-5-3-4-6-19(18)14-27/h3-9,11,13H,10,12,14-15H2,1-2H3,(H,25,28). The van der Waals surface area contributed by atoms with E-state index in [1.807, 2.05) is 38.1 Å². The quantitative estimate of drug-likeness (QED) is 0.505. The second-order valence-electron chi connectivity index (χ2n) is 7.29. The molecule has 1 amide bonds. The van der Waals surface area contributed by atoms with Crippen molar-refractivity contribution in [2.24, 2.45) is 0 Å². The maximum atomic E-state index is 12.4. The minimum absolute atomic E-state index is 0.0513. The highest BCUT2D eigenvalue weighted by atomic mass is 32.2. The number of rotatable bonds is 5. The molecule has 5 nitrogen and oxygen atoms in total. The fourth-order valence-corrected chi connectivity index (χ4v) is 4.08. The van der Waals surface area contributed by atoms with E-state index in [0.717, 1.165) is 42.1 Å². The first-order chi connectivity index (χ1) is 14.1. The van der Waals surface area contributed by atoms with Crippen LogP contribution in [0, 0.1) is 13.8 Å². The van der Waals surface area contributed by atoms with Crippen molar-refractivity contribution in [1.29, 1.82) is 0 Å². The van der Waals surface area contributed by atoms with Gasteiger partial charge in [-0.3, -0.25) is 4.79 Å². The molecule has 0 bridgehead atoms. The molecule has 0 saturated carbocycles. The number of hydrogen-bond acceptors (Lipinski definition) is 5. The number of aromatic nitrogens is 2. The lowest BCUT2D eigenvalue weighted by Gasteiger charge is -2.29. The first-order valence-electron chi connectivity index (χ1n) is 9.73. The number of nitrogens with one attached hydrogen (secondary N) is 1. The van der Waals surface area contributed by atoms with E-state index in [-0.39, 0.29) is 11.7 Å². The molecule has 4 rings (SSSR count). The van der Waals surface area contributed by atoms with Gasteiger partial charge in [-0.25, -0.2) is 9.97 Å². The van der Waals surface area contributed by atoms with E-state index in [1.54, 1.807) is 6.20 Å². The van der Waals surface area contributed by atoms with Gasteiger partial charge in [0.2, 0.25) is 5.91 Å². The Labute approximate surface area is 175 Å². The summed E-state index contributed by atoms with van der Waals surface area (Å²) in [4.78, 5) is 23.7. The highest BCUT2D eigenvalue weighted by molar-refractivity contribution is 7.99. The van der Waals surface area contributed by atoms with Crippen molar-refractivity contribution in [2.45, 2.75) is 32.0 Å². The fourth-order valence-electron chi connectivity index (χ4n) is 3.46. The highest BCUT2D eigenvalue weighted by Gasteiger charge is 2.17. The number of carbonyl (C=O) groups excluding carboxylic acids is 1. The monoisotopic (exact) mass is 404 g/mol. The van der Waals surface area contributed by atoms with Crippen molar-refractivity contribution in [3.8, 4) is 0 Å². The van der Waals surface area contributed by atoms with Crippen LogP contribution >= 0.6 is 11.8 Å². The van der Waals surface area contributed by atoms with Crippen LogP contribution in [0.2, 0.25) is 0 Å². The molecule has 2 aromatic carbocycles. The van der Waals surface area contributed by atoms with Crippen LogP contribution in [0.15, 0.2) is 59.9 Å². The van der Waals surface area contributed by atoms with Crippen LogP contribution in [0.25, 0.3) is 0 Å². The molecule has 148 valence electrons. The number of aryl methyl sites for hydroxylation is 2. The number of nitrogens with zero attached hydrogens (tertiary/aromatic N) is 3. The van der Waals surface area contributed by atoms with Crippen LogP contribution in [0.1, 0.15) is 22.3 Å². The van der Waals surface area contributed by atoms with Crippen molar-refractivity contribution in [1.82, 2.24) is 9.97 Å². The summed E-state index contributed by atoms with van der Waals surface area (Å²) < 4.78 is 0. The number of benzene rings is 2. The number of anilines is 2. The Hall–Kier alpha value is -2.86. The molecule has 1 aliphatic heterocycles. The van der Waals surface area contributed by atoms with E-state index in [4.69, 9.17) is 0 Å². The lowest BCUT2D eigenvalue weighted by atomic mass is 10.00. The van der Waals surface area contributed by atoms with Crippen LogP contribution < -0.4 is 10.2 Å². The Balaban J connectivity index is 1.38. The minimum atomic E-state index is -0.0513. The first kappa shape index (κ1) is 19.5. The van der Waals surface area contributed by atoms with Crippen molar-refractivity contribution in [3.63, 3.8) is 0 Å². The van der Waals surface area contributed by atoms with E-state index < -0.39 is 0 Å². The second kappa shape index (κ2) is 8.66. The SMILES string of the molecule is Cc1ccc(C)c(NC(=O)CSc2nccc(N3CCc4ccccc4C3)n2)c1. The van der Waals surface area contributed by atoms with Gasteiger partial charge in [0.25, 0.3) is 0 Å². The summed E-state index contributed by atoms with van der Waals surface area (Å²) in [5.41, 5.74) is 5.79. The van der Waals surface area contributed by atoms with Crippen LogP contribution in [0.5, 0.6) is 0 Å². The average molecular weight is 405 g/mol. The Bertz CT molecular complexity index is 1040. The molecule has 6 heteroatoms. The number of carbonyl (C=O) groups is 1. The van der Waals surface area contributed by atoms with Crippen LogP contribution in [-0.4, -0.2) is 28.2 Å². The molecule has 0 saturated heterocycles. The predicted octanol–water partition coefficient (Wildman–Crippen LogP) is 4.39. The molecule has 1 N–H and O–H groups in total. The molecule has 0 aliphatic carbocycles. The largest absolute Gasteiger partial charge is 0.352 e. The van der Waals surface area contributed by atoms with Crippen LogP contribution in [-0.2, 0) is 17.8 Å². The molecule has 29 heavy (non-hydrogen) atoms. The molecule has 0 unspecified atom stereocenters. The Morgan fingerprint density at radius 3 is 2.83 bits per heavy atom. The third kappa shape index (κ3) is 4.77. The molecule has 2 heterocycles. The summed E-state index contributed by atoms with van der Waals surface area (Å²) in [7, 11) is 0. The zero-order chi connectivity index (χ0) is 20.2. The van der Waals surface area contributed by atoms with E-state index in [1.165, 1.54) is 22.9 Å². The van der Waals surface area contributed by atoms with E-state index >= 15 is 0 Å². The number of hydrogen-bond donors (Lipinski definition) is 1. The number of fused-ring (bicyclic) bond motifs is 1. The fraction of sp³-hybridized carbons (Fsp3) is 0.261. The van der Waals surface area contributed by atoms with Gasteiger partial charge in [0.1, 0.15) is 5.82 Å². The number of amides is 1. The summed E-state index contributed by atoms with van der Waals surface area (Å²) in [6, 6.07) is 16.5. The van der Waals surface area contributed by atoms with Crippen LogP contribution in [0.3, 0.4) is 0 Å². The third-order valence-electron chi connectivity index (χ3n) is 5.07. The zero-order valence-corrected chi connectivity index (χ0v) is 17.5. The van der Waals surface area contributed by atoms with Gasteiger partial charge in [-0.1, -0.05) is 48.2 Å². The average Bonchev–Trinajstić information content (AvgIpc) is 2.75. The van der Waals surface area contributed by atoms with Crippen molar-refractivity contribution >= 4 is 29.2 Å². The summed E-state index contributed by atoms with van der Waals surface area (Å²) in [5.74, 6) is 1.14. The predicted molar refractivity (Wildman–Crippen MR) is 118 cm³/mol. The summed E-state index contributed by atoms with van der Waals surface area (Å²) in [5, 5.41) is 3.61. The summed E-state index contributed by atoms with van der Waals surface area (Å²) in [6.45, 7) is 5.80. The molecule has 1 aromatic heterocycles. The Morgan fingerprint density at radius 1 is 1.14 bits per heavy atom. The normalized spacial score (nSPS) is 13.1. The summed E-state index contributed by atoms with van der Waals surface area (Å²) >= 11 is 1.36. The Kier molecular flexibility index (Phi) is 5.81. The molecular formula is C23H24N4OS. The maximum absolute atomic E-state index is 12.4. The molecular weight excluding hydrogens is 380 g/mol. The minimum Gasteiger partial charge on any atom is -0.352 e. The molecule has 1 aliphatic rings. The van der Waals surface area contributed by atoms with Crippen molar-refractivity contribution < 1.29 is 4.79 Å². The topological polar surface area (TPSA) is 58.1 Å². The van der Waals surface area contributed by atoms with Gasteiger partial charge in [0.15, 0.2) is 5.16 Å². The molecule has 0 fully saturated rings. The Morgan fingerprint density at radius 2 is 1.97 bits per heavy atom. The van der Waals surface area contributed by atoms with Crippen LogP contribution in [0.4, 0.5) is 11.5 Å².